The summed E-state index contributed by atoms with van der Waals surface area (Å²) in [5.74, 6) is -1.56. The molecule has 4 heteroatoms. The molecule has 0 aromatic heterocycles. The summed E-state index contributed by atoms with van der Waals surface area (Å²) < 4.78 is 0. The van der Waals surface area contributed by atoms with Gasteiger partial charge in [0.15, 0.2) is 0 Å². The second kappa shape index (κ2) is 1.71. The minimum Gasteiger partial charge on any atom is -0.475 e. The van der Waals surface area contributed by atoms with Crippen molar-refractivity contribution in [1.29, 1.82) is 0 Å². The van der Waals surface area contributed by atoms with Crippen LogP contribution < -0.4 is 0 Å². The predicted octanol–water partition coefficient (Wildman–Crippen LogP) is -0.205. The van der Waals surface area contributed by atoms with E-state index in [1.165, 1.54) is 0 Å². The van der Waals surface area contributed by atoms with Crippen molar-refractivity contribution in [3.8, 4) is 0 Å². The van der Waals surface area contributed by atoms with Crippen molar-refractivity contribution in [3.63, 3.8) is 0 Å². The second-order valence-corrected chi connectivity index (χ2v) is 0.963. The van der Waals surface area contributed by atoms with Gasteiger partial charge in [0.05, 0.1) is 0 Å². The van der Waals surface area contributed by atoms with Crippen LogP contribution in [0.4, 0.5) is 0 Å². The molecular weight excluding hydrogens is 104 g/mol. The summed E-state index contributed by atoms with van der Waals surface area (Å²) in [5, 5.41) is 6.30. The number of carbonyl (C=O) groups is 2. The van der Waals surface area contributed by atoms with E-state index in [2.05, 4.69) is 12.6 Å². The van der Waals surface area contributed by atoms with Crippen LogP contribution in [0.25, 0.3) is 0 Å². The zero-order valence-electron chi connectivity index (χ0n) is 2.67. The number of carboxylic acid groups (broad SMARTS) is 1. The van der Waals surface area contributed by atoms with Gasteiger partial charge in [-0.3, -0.25) is 4.79 Å². The molecule has 3 nitrogen and oxygen atoms in total. The first kappa shape index (κ1) is 5.36. The van der Waals surface area contributed by atoms with Crippen LogP contribution in [-0.4, -0.2) is 16.2 Å². The highest BCUT2D eigenvalue weighted by Gasteiger charge is 2.02. The summed E-state index contributed by atoms with van der Waals surface area (Å²) >= 11 is 3.66. The third kappa shape index (κ3) is 1.66. The van der Waals surface area contributed by atoms with E-state index in [4.69, 9.17) is 5.11 Å². The molecular formula is C2HO3S. The Labute approximate surface area is 39.4 Å². The van der Waals surface area contributed by atoms with Crippen molar-refractivity contribution in [2.75, 3.05) is 0 Å². The Balaban J connectivity index is 3.57. The Morgan fingerprint density at radius 2 is 1.67 bits per heavy atom. The number of hydrogen-bond acceptors (Lipinski definition) is 2. The molecule has 1 N–H and O–H groups in total. The summed E-state index contributed by atoms with van der Waals surface area (Å²) in [6.07, 6.45) is 0. The van der Waals surface area contributed by atoms with Crippen LogP contribution in [0.2, 0.25) is 0 Å². The molecule has 0 aliphatic rings. The SMILES string of the molecule is O=C(O)C(=O)[S]. The Morgan fingerprint density at radius 1 is 1.50 bits per heavy atom. The number of hydrogen-bond donors (Lipinski definition) is 1. The van der Waals surface area contributed by atoms with Crippen LogP contribution in [0, 0.1) is 0 Å². The van der Waals surface area contributed by atoms with Crippen molar-refractivity contribution in [2.45, 2.75) is 0 Å². The highest BCUT2D eigenvalue weighted by molar-refractivity contribution is 7.98. The average molecular weight is 105 g/mol. The number of rotatable bonds is 1. The van der Waals surface area contributed by atoms with Gasteiger partial charge in [-0.25, -0.2) is 4.79 Å². The smallest absolute Gasteiger partial charge is 0.388 e. The third-order valence-corrected chi connectivity index (χ3v) is 0.349. The van der Waals surface area contributed by atoms with Gasteiger partial charge in [0.1, 0.15) is 0 Å². The standard InChI is InChI=1S/C2HO3S/c3-1(4)2(5)6/h(H,3,4). The maximum absolute atomic E-state index is 9.36. The van der Waals surface area contributed by atoms with Gasteiger partial charge < -0.3 is 5.11 Å². The lowest BCUT2D eigenvalue weighted by Gasteiger charge is -1.70. The second-order valence-electron chi connectivity index (χ2n) is 0.593. The van der Waals surface area contributed by atoms with Crippen LogP contribution in [-0.2, 0) is 9.59 Å². The lowest BCUT2D eigenvalue weighted by atomic mass is 10.8. The molecule has 6 heavy (non-hydrogen) atoms. The zero-order valence-corrected chi connectivity index (χ0v) is 3.49. The van der Waals surface area contributed by atoms with Gasteiger partial charge in [0.25, 0.3) is 0 Å². The molecule has 0 amide bonds. The van der Waals surface area contributed by atoms with E-state index in [0.717, 1.165) is 0 Å². The number of carbonyl (C=O) groups excluding carboxylic acids is 1. The molecule has 0 aliphatic carbocycles. The van der Waals surface area contributed by atoms with Gasteiger partial charge in [-0.15, -0.1) is 0 Å². The summed E-state index contributed by atoms with van der Waals surface area (Å²) in [6.45, 7) is 0. The van der Waals surface area contributed by atoms with Crippen molar-refractivity contribution >= 4 is 23.7 Å². The molecule has 0 saturated heterocycles. The lowest BCUT2D eigenvalue weighted by molar-refractivity contribution is -0.144. The van der Waals surface area contributed by atoms with Crippen LogP contribution >= 0.6 is 12.6 Å². The van der Waals surface area contributed by atoms with E-state index in [9.17, 15) is 9.59 Å². The van der Waals surface area contributed by atoms with E-state index >= 15 is 0 Å². The summed E-state index contributed by atoms with van der Waals surface area (Å²) in [4.78, 5) is 18.6. The predicted molar refractivity (Wildman–Crippen MR) is 20.2 cm³/mol. The first-order valence-electron chi connectivity index (χ1n) is 1.09. The minimum atomic E-state index is -1.56. The topological polar surface area (TPSA) is 54.4 Å². The molecule has 0 aliphatic heterocycles. The molecule has 0 spiro atoms. The Morgan fingerprint density at radius 3 is 1.67 bits per heavy atom. The minimum absolute atomic E-state index is 1.24. The Kier molecular flexibility index (Phi) is 1.53. The molecule has 0 heterocycles. The van der Waals surface area contributed by atoms with Gasteiger partial charge in [-0.2, -0.15) is 0 Å². The van der Waals surface area contributed by atoms with Crippen LogP contribution in [0.1, 0.15) is 0 Å². The van der Waals surface area contributed by atoms with Crippen molar-refractivity contribution in [1.82, 2.24) is 0 Å². The molecule has 0 saturated carbocycles. The van der Waals surface area contributed by atoms with Gasteiger partial charge in [0, 0.05) is 0 Å². The molecule has 0 aromatic rings. The average Bonchev–Trinajstić information content (AvgIpc) is 1.36. The Hall–Kier alpha value is -0.640. The van der Waals surface area contributed by atoms with E-state index < -0.39 is 11.1 Å². The first-order valence-corrected chi connectivity index (χ1v) is 1.49. The van der Waals surface area contributed by atoms with Gasteiger partial charge in [-0.05, 0) is 12.6 Å². The molecule has 0 rings (SSSR count). The number of aliphatic carboxylic acids is 1. The molecule has 0 fully saturated rings. The first-order chi connectivity index (χ1) is 2.64. The van der Waals surface area contributed by atoms with Crippen LogP contribution in [0.3, 0.4) is 0 Å². The van der Waals surface area contributed by atoms with E-state index in [0.29, 0.717) is 0 Å². The lowest BCUT2D eigenvalue weighted by Crippen LogP contribution is -2.02. The van der Waals surface area contributed by atoms with E-state index in [-0.39, 0.29) is 0 Å². The molecule has 1 radical (unpaired) electrons. The number of carboxylic acids is 1. The quantitative estimate of drug-likeness (QED) is 0.469. The van der Waals surface area contributed by atoms with Crippen molar-refractivity contribution < 1.29 is 14.7 Å². The van der Waals surface area contributed by atoms with Gasteiger partial charge in [-0.1, -0.05) is 0 Å². The van der Waals surface area contributed by atoms with Crippen molar-refractivity contribution in [2.24, 2.45) is 0 Å². The third-order valence-electron chi connectivity index (χ3n) is 0.175. The molecule has 0 aromatic carbocycles. The highest BCUT2D eigenvalue weighted by Crippen LogP contribution is 1.73. The van der Waals surface area contributed by atoms with Gasteiger partial charge >= 0.3 is 11.1 Å². The fourth-order valence-electron chi connectivity index (χ4n) is 0. The maximum Gasteiger partial charge on any atom is 0.388 e. The van der Waals surface area contributed by atoms with Gasteiger partial charge in [0.2, 0.25) is 0 Å². The fraction of sp³-hybridized carbons (Fsp3) is 0. The van der Waals surface area contributed by atoms with E-state index in [1.807, 2.05) is 0 Å². The molecule has 0 atom stereocenters. The molecule has 0 bridgehead atoms. The Bertz CT molecular complexity index is 74.8. The zero-order chi connectivity index (χ0) is 5.15. The largest absolute Gasteiger partial charge is 0.475 e. The highest BCUT2D eigenvalue weighted by atomic mass is 32.1. The summed E-state index contributed by atoms with van der Waals surface area (Å²) in [5.41, 5.74) is 0. The van der Waals surface area contributed by atoms with Crippen molar-refractivity contribution in [3.05, 3.63) is 0 Å². The van der Waals surface area contributed by atoms with Crippen LogP contribution in [0.15, 0.2) is 0 Å². The summed E-state index contributed by atoms with van der Waals surface area (Å²) in [7, 11) is 0. The maximum atomic E-state index is 9.36. The fourth-order valence-corrected chi connectivity index (χ4v) is 0. The van der Waals surface area contributed by atoms with Crippen LogP contribution in [0.5, 0.6) is 0 Å². The monoisotopic (exact) mass is 105 g/mol. The normalized spacial score (nSPS) is 7.33. The summed E-state index contributed by atoms with van der Waals surface area (Å²) in [6, 6.07) is 0. The molecule has 33 valence electrons. The molecule has 0 unspecified atom stereocenters. The van der Waals surface area contributed by atoms with E-state index in [1.54, 1.807) is 0 Å².